The van der Waals surface area contributed by atoms with Crippen LogP contribution in [-0.4, -0.2) is 24.0 Å². The van der Waals surface area contributed by atoms with Crippen LogP contribution in [-0.2, 0) is 11.8 Å². The summed E-state index contributed by atoms with van der Waals surface area (Å²) >= 11 is 1.44. The predicted molar refractivity (Wildman–Crippen MR) is 86.6 cm³/mol. The van der Waals surface area contributed by atoms with Crippen LogP contribution in [0.25, 0.3) is 0 Å². The molecule has 6 heteroatoms. The second-order valence-electron chi connectivity index (χ2n) is 5.74. The van der Waals surface area contributed by atoms with Crippen molar-refractivity contribution in [3.63, 3.8) is 0 Å². The molecule has 1 heterocycles. The fraction of sp³-hybridized carbons (Fsp3) is 0.375. The van der Waals surface area contributed by atoms with E-state index < -0.39 is 0 Å². The number of carbonyl (C=O) groups is 1. The van der Waals surface area contributed by atoms with Crippen LogP contribution in [0.15, 0.2) is 29.6 Å². The maximum atomic E-state index is 13.0. The number of carbonyl (C=O) groups excluding carboxylic acids is 1. The van der Waals surface area contributed by atoms with Crippen LogP contribution in [0.4, 0.5) is 4.39 Å². The lowest BCUT2D eigenvalue weighted by atomic mass is 9.84. The number of nitrogens with two attached hydrogens (primary N) is 1. The van der Waals surface area contributed by atoms with E-state index in [1.807, 2.05) is 13.8 Å². The van der Waals surface area contributed by atoms with Gasteiger partial charge in [-0.15, -0.1) is 11.3 Å². The van der Waals surface area contributed by atoms with Crippen LogP contribution in [0.2, 0.25) is 0 Å². The Balaban J connectivity index is 1.98. The van der Waals surface area contributed by atoms with Gasteiger partial charge in [-0.2, -0.15) is 0 Å². The van der Waals surface area contributed by atoms with Crippen LogP contribution in [0.5, 0.6) is 0 Å². The molecule has 1 amide bonds. The summed E-state index contributed by atoms with van der Waals surface area (Å²) in [6.45, 7) is 4.97. The van der Waals surface area contributed by atoms with Crippen molar-refractivity contribution in [2.24, 2.45) is 5.73 Å². The molecule has 22 heavy (non-hydrogen) atoms. The maximum Gasteiger partial charge on any atom is 0.270 e. The second-order valence-corrected chi connectivity index (χ2v) is 6.68. The molecule has 1 aromatic carbocycles. The third-order valence-corrected chi connectivity index (χ3v) is 4.37. The summed E-state index contributed by atoms with van der Waals surface area (Å²) in [6.07, 6.45) is 0.680. The zero-order valence-corrected chi connectivity index (χ0v) is 13.5. The van der Waals surface area contributed by atoms with Gasteiger partial charge < -0.3 is 11.1 Å². The molecule has 0 unspecified atom stereocenters. The molecular weight excluding hydrogens is 301 g/mol. The van der Waals surface area contributed by atoms with E-state index >= 15 is 0 Å². The van der Waals surface area contributed by atoms with Crippen molar-refractivity contribution in [2.45, 2.75) is 25.7 Å². The minimum atomic E-state index is -0.292. The van der Waals surface area contributed by atoms with Crippen LogP contribution in [0.3, 0.4) is 0 Å². The van der Waals surface area contributed by atoms with E-state index in [1.54, 1.807) is 17.5 Å². The van der Waals surface area contributed by atoms with Gasteiger partial charge in [-0.3, -0.25) is 4.79 Å². The lowest BCUT2D eigenvalue weighted by molar-refractivity contribution is 0.0941. The number of hydrogen-bond donors (Lipinski definition) is 2. The van der Waals surface area contributed by atoms with E-state index in [2.05, 4.69) is 10.3 Å². The molecule has 0 atom stereocenters. The molecule has 0 spiro atoms. The molecule has 0 aliphatic heterocycles. The molecule has 118 valence electrons. The first kappa shape index (κ1) is 16.6. The number of amides is 1. The summed E-state index contributed by atoms with van der Waals surface area (Å²) in [5.41, 5.74) is 6.57. The number of nitrogens with zero attached hydrogens (tertiary/aromatic N) is 1. The summed E-state index contributed by atoms with van der Waals surface area (Å²) in [5.74, 6) is -0.465. The number of hydrogen-bond acceptors (Lipinski definition) is 4. The fourth-order valence-electron chi connectivity index (χ4n) is 2.05. The summed E-state index contributed by atoms with van der Waals surface area (Å²) in [7, 11) is 0. The number of thiazole rings is 1. The SMILES string of the molecule is CC(C)(CNC(=O)c1csc(CCN)n1)c1ccc(F)cc1. The number of aromatic nitrogens is 1. The van der Waals surface area contributed by atoms with Gasteiger partial charge in [0.25, 0.3) is 5.91 Å². The Morgan fingerprint density at radius 3 is 2.68 bits per heavy atom. The summed E-state index contributed by atoms with van der Waals surface area (Å²) in [5, 5.41) is 5.50. The maximum absolute atomic E-state index is 13.0. The number of halogens is 1. The van der Waals surface area contributed by atoms with Gasteiger partial charge in [-0.25, -0.2) is 9.37 Å². The number of benzene rings is 1. The minimum Gasteiger partial charge on any atom is -0.350 e. The van der Waals surface area contributed by atoms with E-state index in [0.29, 0.717) is 25.2 Å². The molecule has 0 radical (unpaired) electrons. The quantitative estimate of drug-likeness (QED) is 0.859. The topological polar surface area (TPSA) is 68.0 Å². The standard InChI is InChI=1S/C16H20FN3OS/c1-16(2,11-3-5-12(17)6-4-11)10-19-15(21)13-9-22-14(20-13)7-8-18/h3-6,9H,7-8,10,18H2,1-2H3,(H,19,21). The highest BCUT2D eigenvalue weighted by Crippen LogP contribution is 2.22. The van der Waals surface area contributed by atoms with Crippen LogP contribution >= 0.6 is 11.3 Å². The summed E-state index contributed by atoms with van der Waals surface area (Å²) < 4.78 is 13.0. The van der Waals surface area contributed by atoms with E-state index in [9.17, 15) is 9.18 Å². The Kier molecular flexibility index (Phi) is 5.26. The Morgan fingerprint density at radius 1 is 1.36 bits per heavy atom. The first-order chi connectivity index (χ1) is 10.4. The Bertz CT molecular complexity index is 637. The first-order valence-corrected chi connectivity index (χ1v) is 7.99. The van der Waals surface area contributed by atoms with Crippen LogP contribution in [0, 0.1) is 5.82 Å². The molecule has 0 aliphatic carbocycles. The van der Waals surface area contributed by atoms with E-state index in [1.165, 1.54) is 23.5 Å². The Labute approximate surface area is 133 Å². The van der Waals surface area contributed by atoms with Gasteiger partial charge in [0.15, 0.2) is 0 Å². The molecule has 0 aliphatic rings. The third-order valence-electron chi connectivity index (χ3n) is 3.46. The van der Waals surface area contributed by atoms with Gasteiger partial charge in [0.2, 0.25) is 0 Å². The Morgan fingerprint density at radius 2 is 2.05 bits per heavy atom. The van der Waals surface area contributed by atoms with Crippen LogP contribution < -0.4 is 11.1 Å². The summed E-state index contributed by atoms with van der Waals surface area (Å²) in [4.78, 5) is 16.4. The number of nitrogens with one attached hydrogen (secondary N) is 1. The smallest absolute Gasteiger partial charge is 0.270 e. The lowest BCUT2D eigenvalue weighted by Gasteiger charge is -2.25. The minimum absolute atomic E-state index is 0.199. The van der Waals surface area contributed by atoms with Gasteiger partial charge in [-0.1, -0.05) is 26.0 Å². The molecule has 0 saturated carbocycles. The molecule has 1 aromatic heterocycles. The van der Waals surface area contributed by atoms with Gasteiger partial charge in [-0.05, 0) is 24.2 Å². The van der Waals surface area contributed by atoms with E-state index in [-0.39, 0.29) is 17.1 Å². The van der Waals surface area contributed by atoms with Gasteiger partial charge >= 0.3 is 0 Å². The largest absolute Gasteiger partial charge is 0.350 e. The molecular formula is C16H20FN3OS. The van der Waals surface area contributed by atoms with Crippen molar-refractivity contribution in [2.75, 3.05) is 13.1 Å². The van der Waals surface area contributed by atoms with E-state index in [0.717, 1.165) is 10.6 Å². The molecule has 3 N–H and O–H groups in total. The summed E-state index contributed by atoms with van der Waals surface area (Å²) in [6, 6.07) is 6.34. The van der Waals surface area contributed by atoms with Crippen molar-refractivity contribution in [3.8, 4) is 0 Å². The van der Waals surface area contributed by atoms with Crippen molar-refractivity contribution >= 4 is 17.2 Å². The zero-order valence-electron chi connectivity index (χ0n) is 12.7. The molecule has 0 fully saturated rings. The molecule has 0 bridgehead atoms. The highest BCUT2D eigenvalue weighted by Gasteiger charge is 2.22. The third kappa shape index (κ3) is 4.11. The second kappa shape index (κ2) is 6.98. The van der Waals surface area contributed by atoms with E-state index in [4.69, 9.17) is 5.73 Å². The Hall–Kier alpha value is -1.79. The molecule has 4 nitrogen and oxygen atoms in total. The molecule has 2 rings (SSSR count). The predicted octanol–water partition coefficient (Wildman–Crippen LogP) is 2.49. The molecule has 2 aromatic rings. The van der Waals surface area contributed by atoms with Crippen molar-refractivity contribution in [3.05, 3.63) is 51.7 Å². The lowest BCUT2D eigenvalue weighted by Crippen LogP contribution is -2.36. The average Bonchev–Trinajstić information content (AvgIpc) is 2.94. The van der Waals surface area contributed by atoms with Gasteiger partial charge in [0.05, 0.1) is 5.01 Å². The van der Waals surface area contributed by atoms with Crippen molar-refractivity contribution in [1.29, 1.82) is 0 Å². The normalized spacial score (nSPS) is 11.5. The highest BCUT2D eigenvalue weighted by molar-refractivity contribution is 7.09. The van der Waals surface area contributed by atoms with Gasteiger partial charge in [0, 0.05) is 23.8 Å². The average molecular weight is 321 g/mol. The first-order valence-electron chi connectivity index (χ1n) is 7.11. The van der Waals surface area contributed by atoms with Crippen LogP contribution in [0.1, 0.15) is 34.9 Å². The van der Waals surface area contributed by atoms with Crippen molar-refractivity contribution < 1.29 is 9.18 Å². The molecule has 0 saturated heterocycles. The highest BCUT2D eigenvalue weighted by atomic mass is 32.1. The monoisotopic (exact) mass is 321 g/mol. The van der Waals surface area contributed by atoms with Gasteiger partial charge in [0.1, 0.15) is 11.5 Å². The number of rotatable bonds is 6. The van der Waals surface area contributed by atoms with Crippen molar-refractivity contribution in [1.82, 2.24) is 10.3 Å². The fourth-order valence-corrected chi connectivity index (χ4v) is 2.84. The zero-order chi connectivity index (χ0) is 16.2.